The number of halogens is 1. The maximum atomic E-state index is 13.3. The summed E-state index contributed by atoms with van der Waals surface area (Å²) in [5, 5.41) is 19.7. The Kier molecular flexibility index (Phi) is 5.55. The largest absolute Gasteiger partial charge is 0.485 e. The Labute approximate surface area is 197 Å². The number of nitrogens with one attached hydrogen (secondary N) is 1. The van der Waals surface area contributed by atoms with E-state index >= 15 is 0 Å². The molecule has 0 aliphatic carbocycles. The van der Waals surface area contributed by atoms with Crippen molar-refractivity contribution in [2.45, 2.75) is 55.8 Å². The van der Waals surface area contributed by atoms with Gasteiger partial charge in [-0.1, -0.05) is 23.2 Å². The quantitative estimate of drug-likeness (QED) is 0.559. The van der Waals surface area contributed by atoms with Crippen molar-refractivity contribution in [2.24, 2.45) is 0 Å². The average molecular weight is 492 g/mol. The Morgan fingerprint density at radius 2 is 1.91 bits per heavy atom. The summed E-state index contributed by atoms with van der Waals surface area (Å²) in [7, 11) is -3.65. The van der Waals surface area contributed by atoms with E-state index in [0.29, 0.717) is 46.2 Å². The fourth-order valence-corrected chi connectivity index (χ4v) is 6.24. The van der Waals surface area contributed by atoms with Gasteiger partial charge in [0.05, 0.1) is 16.3 Å². The van der Waals surface area contributed by atoms with Gasteiger partial charge in [-0.25, -0.2) is 8.42 Å². The number of benzene rings is 2. The summed E-state index contributed by atoms with van der Waals surface area (Å²) in [4.78, 5) is 0.179. The topological polar surface area (TPSA) is 105 Å². The van der Waals surface area contributed by atoms with E-state index in [9.17, 15) is 13.5 Å². The van der Waals surface area contributed by atoms with Crippen LogP contribution in [-0.4, -0.2) is 47.8 Å². The number of aromatic nitrogens is 1. The molecular weight excluding hydrogens is 466 g/mol. The van der Waals surface area contributed by atoms with Gasteiger partial charge in [0.2, 0.25) is 10.0 Å². The number of aliphatic hydroxyl groups excluding tert-OH is 1. The van der Waals surface area contributed by atoms with Gasteiger partial charge in [-0.2, -0.15) is 4.31 Å². The number of sulfonamides is 1. The second kappa shape index (κ2) is 8.16. The molecule has 0 spiro atoms. The molecule has 0 bridgehead atoms. The third-order valence-corrected chi connectivity index (χ3v) is 8.52. The van der Waals surface area contributed by atoms with Gasteiger partial charge in [-0.15, -0.1) is 0 Å². The van der Waals surface area contributed by atoms with E-state index in [0.717, 1.165) is 19.3 Å². The third-order valence-electron chi connectivity index (χ3n) is 6.39. The highest BCUT2D eigenvalue weighted by Gasteiger charge is 2.44. The summed E-state index contributed by atoms with van der Waals surface area (Å²) in [5.74, 6) is 0.913. The van der Waals surface area contributed by atoms with Gasteiger partial charge in [0.25, 0.3) is 0 Å². The lowest BCUT2D eigenvalue weighted by Gasteiger charge is -2.42. The third kappa shape index (κ3) is 3.97. The SMILES string of the molecule is CC1(C)Oc2ccc(S(=O)(=O)N3CCCCC3)cc2[C@@H](Nc2noc3ccc(Cl)cc23)[C@@H]1O. The molecule has 5 rings (SSSR count). The molecule has 1 fully saturated rings. The summed E-state index contributed by atoms with van der Waals surface area (Å²) >= 11 is 6.15. The molecule has 0 radical (unpaired) electrons. The second-order valence-corrected chi connectivity index (χ2v) is 11.5. The van der Waals surface area contributed by atoms with E-state index in [4.69, 9.17) is 20.9 Å². The van der Waals surface area contributed by atoms with Crippen LogP contribution >= 0.6 is 11.6 Å². The van der Waals surface area contributed by atoms with Crippen molar-refractivity contribution < 1.29 is 22.8 Å². The van der Waals surface area contributed by atoms with E-state index < -0.39 is 27.8 Å². The van der Waals surface area contributed by atoms with Crippen molar-refractivity contribution >= 4 is 38.4 Å². The number of ether oxygens (including phenoxy) is 1. The van der Waals surface area contributed by atoms with Gasteiger partial charge >= 0.3 is 0 Å². The summed E-state index contributed by atoms with van der Waals surface area (Å²) in [5.41, 5.74) is 0.164. The van der Waals surface area contributed by atoms with Crippen LogP contribution in [0.5, 0.6) is 5.75 Å². The Morgan fingerprint density at radius 1 is 1.15 bits per heavy atom. The zero-order chi connectivity index (χ0) is 23.4. The Balaban J connectivity index is 1.57. The standard InChI is InChI=1S/C23H26ClN3O5S/c1-23(2)21(28)20(25-22-17-12-14(24)6-8-19(17)32-26-22)16-13-15(7-9-18(16)31-23)33(29,30)27-10-4-3-5-11-27/h6-9,12-13,20-21,28H,3-5,10-11H2,1-2H3,(H,25,26)/t20-,21+/m1/s1. The van der Waals surface area contributed by atoms with Crippen LogP contribution in [0.3, 0.4) is 0 Å². The fraction of sp³-hybridized carbons (Fsp3) is 0.435. The van der Waals surface area contributed by atoms with Gasteiger partial charge in [0.15, 0.2) is 11.4 Å². The molecule has 0 amide bonds. The molecule has 0 saturated carbocycles. The molecule has 2 aromatic carbocycles. The van der Waals surface area contributed by atoms with E-state index in [2.05, 4.69) is 10.5 Å². The molecule has 2 aliphatic rings. The maximum Gasteiger partial charge on any atom is 0.243 e. The van der Waals surface area contributed by atoms with Crippen LogP contribution < -0.4 is 10.1 Å². The summed E-state index contributed by atoms with van der Waals surface area (Å²) < 4.78 is 39.5. The number of hydrogen-bond acceptors (Lipinski definition) is 7. The van der Waals surface area contributed by atoms with Crippen LogP contribution in [0.25, 0.3) is 11.0 Å². The van der Waals surface area contributed by atoms with Crippen molar-refractivity contribution in [1.82, 2.24) is 9.46 Å². The number of nitrogens with zero attached hydrogens (tertiary/aromatic N) is 2. The first kappa shape index (κ1) is 22.5. The number of anilines is 1. The van der Waals surface area contributed by atoms with Crippen LogP contribution in [0, 0.1) is 0 Å². The lowest BCUT2D eigenvalue weighted by molar-refractivity contribution is -0.0534. The highest BCUT2D eigenvalue weighted by atomic mass is 35.5. The molecule has 3 heterocycles. The minimum Gasteiger partial charge on any atom is -0.485 e. The molecule has 2 aliphatic heterocycles. The maximum absolute atomic E-state index is 13.3. The predicted octanol–water partition coefficient (Wildman–Crippen LogP) is 4.34. The number of piperidine rings is 1. The first-order valence-electron chi connectivity index (χ1n) is 11.0. The fourth-order valence-electron chi connectivity index (χ4n) is 4.51. The van der Waals surface area contributed by atoms with E-state index in [1.807, 2.05) is 0 Å². The predicted molar refractivity (Wildman–Crippen MR) is 125 cm³/mol. The van der Waals surface area contributed by atoms with Crippen molar-refractivity contribution in [2.75, 3.05) is 18.4 Å². The monoisotopic (exact) mass is 491 g/mol. The molecular formula is C23H26ClN3O5S. The molecule has 1 saturated heterocycles. The summed E-state index contributed by atoms with van der Waals surface area (Å²) in [6.45, 7) is 4.59. The highest BCUT2D eigenvalue weighted by Crippen LogP contribution is 2.43. The molecule has 33 heavy (non-hydrogen) atoms. The van der Waals surface area contributed by atoms with Gasteiger partial charge in [-0.05, 0) is 63.1 Å². The molecule has 10 heteroatoms. The molecule has 8 nitrogen and oxygen atoms in total. The van der Waals surface area contributed by atoms with Gasteiger partial charge in [-0.3, -0.25) is 0 Å². The molecule has 0 unspecified atom stereocenters. The van der Waals surface area contributed by atoms with E-state index in [1.165, 1.54) is 4.31 Å². The lowest BCUT2D eigenvalue weighted by Crippen LogP contribution is -2.50. The average Bonchev–Trinajstić information content (AvgIpc) is 3.18. The number of aliphatic hydroxyl groups is 1. The Bertz CT molecular complexity index is 1300. The molecule has 3 aromatic rings. The first-order valence-corrected chi connectivity index (χ1v) is 12.8. The Morgan fingerprint density at radius 3 is 2.67 bits per heavy atom. The zero-order valence-corrected chi connectivity index (χ0v) is 20.0. The van der Waals surface area contributed by atoms with Crippen LogP contribution in [-0.2, 0) is 10.0 Å². The highest BCUT2D eigenvalue weighted by molar-refractivity contribution is 7.89. The van der Waals surface area contributed by atoms with E-state index in [1.54, 1.807) is 50.2 Å². The lowest BCUT2D eigenvalue weighted by atomic mass is 9.86. The van der Waals surface area contributed by atoms with E-state index in [-0.39, 0.29) is 4.90 Å². The Hall–Kier alpha value is -2.33. The van der Waals surface area contributed by atoms with Gasteiger partial charge in [0.1, 0.15) is 17.5 Å². The van der Waals surface area contributed by atoms with Crippen LogP contribution in [0.1, 0.15) is 44.7 Å². The number of rotatable bonds is 4. The van der Waals surface area contributed by atoms with Crippen LogP contribution in [0.2, 0.25) is 5.02 Å². The molecule has 2 N–H and O–H groups in total. The minimum atomic E-state index is -3.65. The molecule has 2 atom stereocenters. The zero-order valence-electron chi connectivity index (χ0n) is 18.4. The van der Waals surface area contributed by atoms with Gasteiger partial charge < -0.3 is 19.7 Å². The van der Waals surface area contributed by atoms with Crippen molar-refractivity contribution in [3.8, 4) is 5.75 Å². The number of hydrogen-bond donors (Lipinski definition) is 2. The number of fused-ring (bicyclic) bond motifs is 2. The molecule has 1 aromatic heterocycles. The van der Waals surface area contributed by atoms with Crippen molar-refractivity contribution in [1.29, 1.82) is 0 Å². The molecule has 176 valence electrons. The van der Waals surface area contributed by atoms with Crippen molar-refractivity contribution in [3.05, 3.63) is 47.0 Å². The van der Waals surface area contributed by atoms with Crippen molar-refractivity contribution in [3.63, 3.8) is 0 Å². The normalized spacial score (nSPS) is 23.2. The summed E-state index contributed by atoms with van der Waals surface area (Å²) in [6.07, 6.45) is 1.74. The first-order chi connectivity index (χ1) is 15.7. The van der Waals surface area contributed by atoms with Crippen LogP contribution in [0.4, 0.5) is 5.82 Å². The second-order valence-electron chi connectivity index (χ2n) is 9.11. The smallest absolute Gasteiger partial charge is 0.243 e. The van der Waals surface area contributed by atoms with Crippen LogP contribution in [0.15, 0.2) is 45.8 Å². The minimum absolute atomic E-state index is 0.179. The summed E-state index contributed by atoms with van der Waals surface area (Å²) in [6, 6.07) is 9.28. The van der Waals surface area contributed by atoms with Gasteiger partial charge in [0, 0.05) is 23.7 Å².